The Labute approximate surface area is 150 Å². The highest BCUT2D eigenvalue weighted by molar-refractivity contribution is 5.43. The first-order valence-electron chi connectivity index (χ1n) is 9.81. The van der Waals surface area contributed by atoms with Gasteiger partial charge in [0, 0.05) is 44.9 Å². The van der Waals surface area contributed by atoms with Gasteiger partial charge in [-0.1, -0.05) is 18.9 Å². The lowest BCUT2D eigenvalue weighted by atomic mass is 10.0. The van der Waals surface area contributed by atoms with Crippen LogP contribution in [0, 0.1) is 0 Å². The van der Waals surface area contributed by atoms with Crippen molar-refractivity contribution in [3.05, 3.63) is 23.8 Å². The van der Waals surface area contributed by atoms with Gasteiger partial charge >= 0.3 is 0 Å². The normalized spacial score (nSPS) is 25.4. The molecule has 1 aliphatic carbocycles. The quantitative estimate of drug-likeness (QED) is 0.886. The second kappa shape index (κ2) is 7.94. The minimum atomic E-state index is 0.283. The molecule has 1 aromatic carbocycles. The lowest BCUT2D eigenvalue weighted by Crippen LogP contribution is -2.56. The fourth-order valence-corrected chi connectivity index (χ4v) is 4.64. The Morgan fingerprint density at radius 2 is 1.84 bits per heavy atom. The minimum absolute atomic E-state index is 0.283. The predicted octanol–water partition coefficient (Wildman–Crippen LogP) is 2.27. The number of hydrogen-bond donors (Lipinski definition) is 1. The van der Waals surface area contributed by atoms with Crippen molar-refractivity contribution in [2.45, 2.75) is 50.7 Å². The Kier molecular flexibility index (Phi) is 5.44. The lowest BCUT2D eigenvalue weighted by Gasteiger charge is -2.44. The molecule has 5 nitrogen and oxygen atoms in total. The van der Waals surface area contributed by atoms with Crippen LogP contribution in [0.15, 0.2) is 18.2 Å². The van der Waals surface area contributed by atoms with Crippen molar-refractivity contribution < 1.29 is 14.6 Å². The summed E-state index contributed by atoms with van der Waals surface area (Å²) in [6, 6.07) is 7.53. The molecule has 1 unspecified atom stereocenters. The van der Waals surface area contributed by atoms with Crippen molar-refractivity contribution in [3.8, 4) is 11.5 Å². The van der Waals surface area contributed by atoms with Crippen molar-refractivity contribution in [1.29, 1.82) is 0 Å². The Hall–Kier alpha value is -1.30. The predicted molar refractivity (Wildman–Crippen MR) is 97.2 cm³/mol. The van der Waals surface area contributed by atoms with E-state index in [-0.39, 0.29) is 6.61 Å². The number of nitrogens with zero attached hydrogens (tertiary/aromatic N) is 2. The van der Waals surface area contributed by atoms with Gasteiger partial charge < -0.3 is 14.6 Å². The van der Waals surface area contributed by atoms with Gasteiger partial charge in [-0.3, -0.25) is 9.80 Å². The Morgan fingerprint density at radius 1 is 1.04 bits per heavy atom. The molecule has 3 aliphatic rings. The molecule has 2 fully saturated rings. The first-order valence-corrected chi connectivity index (χ1v) is 9.81. The van der Waals surface area contributed by atoms with E-state index in [1.54, 1.807) is 0 Å². The number of fused-ring (bicyclic) bond motifs is 1. The van der Waals surface area contributed by atoms with E-state index in [1.807, 2.05) is 6.07 Å². The fourth-order valence-electron chi connectivity index (χ4n) is 4.64. The summed E-state index contributed by atoms with van der Waals surface area (Å²) in [5.41, 5.74) is 1.28. The molecule has 0 amide bonds. The number of hydrogen-bond acceptors (Lipinski definition) is 5. The van der Waals surface area contributed by atoms with Crippen LogP contribution in [0.2, 0.25) is 0 Å². The number of ether oxygens (including phenoxy) is 2. The monoisotopic (exact) mass is 346 g/mol. The van der Waals surface area contributed by atoms with E-state index < -0.39 is 0 Å². The molecule has 1 atom stereocenters. The number of rotatable bonds is 5. The molecule has 4 rings (SSSR count). The average molecular weight is 346 g/mol. The first-order chi connectivity index (χ1) is 12.3. The smallest absolute Gasteiger partial charge is 0.161 e. The zero-order valence-electron chi connectivity index (χ0n) is 15.0. The minimum Gasteiger partial charge on any atom is -0.486 e. The summed E-state index contributed by atoms with van der Waals surface area (Å²) in [6.45, 7) is 5.77. The maximum atomic E-state index is 9.51. The highest BCUT2D eigenvalue weighted by Crippen LogP contribution is 2.32. The Balaban J connectivity index is 1.40. The SMILES string of the molecule is OCCC1CN(Cc2ccc3c(c2)OCCO3)CCN1C1CCCC1. The summed E-state index contributed by atoms with van der Waals surface area (Å²) in [6.07, 6.45) is 6.30. The highest BCUT2D eigenvalue weighted by atomic mass is 16.6. The van der Waals surface area contributed by atoms with Crippen molar-refractivity contribution in [2.75, 3.05) is 39.5 Å². The number of piperazine rings is 1. The molecule has 0 radical (unpaired) electrons. The van der Waals surface area contributed by atoms with E-state index in [0.717, 1.165) is 50.1 Å². The standard InChI is InChI=1S/C20H30N2O3/c23-10-7-18-15-21(8-9-22(18)17-3-1-2-4-17)14-16-5-6-19-20(13-16)25-12-11-24-19/h5-6,13,17-18,23H,1-4,7-12,14-15H2. The third-order valence-electron chi connectivity index (χ3n) is 5.88. The fraction of sp³-hybridized carbons (Fsp3) is 0.700. The van der Waals surface area contributed by atoms with Gasteiger partial charge in [0.15, 0.2) is 11.5 Å². The van der Waals surface area contributed by atoms with Crippen LogP contribution in [0.5, 0.6) is 11.5 Å². The van der Waals surface area contributed by atoms with E-state index in [0.29, 0.717) is 19.3 Å². The van der Waals surface area contributed by atoms with Crippen LogP contribution in [0.4, 0.5) is 0 Å². The topological polar surface area (TPSA) is 45.2 Å². The van der Waals surface area contributed by atoms with Gasteiger partial charge in [0.2, 0.25) is 0 Å². The summed E-state index contributed by atoms with van der Waals surface area (Å²) < 4.78 is 11.3. The average Bonchev–Trinajstić information content (AvgIpc) is 3.17. The maximum absolute atomic E-state index is 9.51. The molecule has 0 bridgehead atoms. The second-order valence-corrected chi connectivity index (χ2v) is 7.56. The molecule has 2 aliphatic heterocycles. The third-order valence-corrected chi connectivity index (χ3v) is 5.88. The van der Waals surface area contributed by atoms with Gasteiger partial charge in [0.25, 0.3) is 0 Å². The highest BCUT2D eigenvalue weighted by Gasteiger charge is 2.33. The van der Waals surface area contributed by atoms with E-state index in [4.69, 9.17) is 9.47 Å². The molecule has 25 heavy (non-hydrogen) atoms. The second-order valence-electron chi connectivity index (χ2n) is 7.56. The molecule has 138 valence electrons. The van der Waals surface area contributed by atoms with Gasteiger partial charge in [-0.2, -0.15) is 0 Å². The molecule has 0 spiro atoms. The van der Waals surface area contributed by atoms with E-state index in [1.165, 1.54) is 31.2 Å². The van der Waals surface area contributed by atoms with Crippen molar-refractivity contribution in [1.82, 2.24) is 9.80 Å². The Morgan fingerprint density at radius 3 is 2.64 bits per heavy atom. The van der Waals surface area contributed by atoms with Crippen LogP contribution in [0.25, 0.3) is 0 Å². The molecule has 1 saturated heterocycles. The summed E-state index contributed by atoms with van der Waals surface area (Å²) in [7, 11) is 0. The molecule has 1 saturated carbocycles. The van der Waals surface area contributed by atoms with Gasteiger partial charge in [-0.05, 0) is 37.0 Å². The van der Waals surface area contributed by atoms with Crippen LogP contribution in [0.1, 0.15) is 37.7 Å². The first kappa shape index (κ1) is 17.1. The van der Waals surface area contributed by atoms with Gasteiger partial charge in [-0.25, -0.2) is 0 Å². The third kappa shape index (κ3) is 3.94. The molecule has 1 N–H and O–H groups in total. The number of aliphatic hydroxyl groups excluding tert-OH is 1. The molecule has 2 heterocycles. The maximum Gasteiger partial charge on any atom is 0.161 e. The van der Waals surface area contributed by atoms with Crippen LogP contribution >= 0.6 is 0 Å². The lowest BCUT2D eigenvalue weighted by molar-refractivity contribution is 0.0267. The number of benzene rings is 1. The van der Waals surface area contributed by atoms with E-state index >= 15 is 0 Å². The van der Waals surface area contributed by atoms with Crippen LogP contribution < -0.4 is 9.47 Å². The van der Waals surface area contributed by atoms with Crippen LogP contribution in [0.3, 0.4) is 0 Å². The zero-order chi connectivity index (χ0) is 17.1. The molecule has 0 aromatic heterocycles. The summed E-state index contributed by atoms with van der Waals surface area (Å²) in [4.78, 5) is 5.21. The zero-order valence-corrected chi connectivity index (χ0v) is 15.0. The molecule has 1 aromatic rings. The summed E-state index contributed by atoms with van der Waals surface area (Å²) in [5.74, 6) is 1.74. The van der Waals surface area contributed by atoms with Crippen molar-refractivity contribution in [3.63, 3.8) is 0 Å². The largest absolute Gasteiger partial charge is 0.486 e. The van der Waals surface area contributed by atoms with Crippen molar-refractivity contribution in [2.24, 2.45) is 0 Å². The molecular formula is C20H30N2O3. The van der Waals surface area contributed by atoms with Crippen LogP contribution in [-0.4, -0.2) is 66.4 Å². The van der Waals surface area contributed by atoms with Gasteiger partial charge in [-0.15, -0.1) is 0 Å². The van der Waals surface area contributed by atoms with Crippen molar-refractivity contribution >= 4 is 0 Å². The molecule has 5 heteroatoms. The molecular weight excluding hydrogens is 316 g/mol. The Bertz CT molecular complexity index is 574. The van der Waals surface area contributed by atoms with E-state index in [2.05, 4.69) is 21.9 Å². The summed E-state index contributed by atoms with van der Waals surface area (Å²) >= 11 is 0. The number of aliphatic hydroxyl groups is 1. The van der Waals surface area contributed by atoms with E-state index in [9.17, 15) is 5.11 Å². The van der Waals surface area contributed by atoms with Gasteiger partial charge in [0.1, 0.15) is 13.2 Å². The van der Waals surface area contributed by atoms with Crippen LogP contribution in [-0.2, 0) is 6.54 Å². The van der Waals surface area contributed by atoms with Gasteiger partial charge in [0.05, 0.1) is 0 Å². The summed E-state index contributed by atoms with van der Waals surface area (Å²) in [5, 5.41) is 9.51.